The third-order valence-corrected chi connectivity index (χ3v) is 3.17. The van der Waals surface area contributed by atoms with Gasteiger partial charge in [-0.3, -0.25) is 4.79 Å². The summed E-state index contributed by atoms with van der Waals surface area (Å²) in [4.78, 5) is 16.1. The summed E-state index contributed by atoms with van der Waals surface area (Å²) in [6.07, 6.45) is 0.414. The fraction of sp³-hybridized carbons (Fsp3) is 0.438. The van der Waals surface area contributed by atoms with Gasteiger partial charge in [-0.05, 0) is 24.1 Å². The van der Waals surface area contributed by atoms with Crippen molar-refractivity contribution in [3.63, 3.8) is 0 Å². The predicted octanol–water partition coefficient (Wildman–Crippen LogP) is 3.25. The maximum Gasteiger partial charge on any atom is 0.309 e. The van der Waals surface area contributed by atoms with E-state index in [4.69, 9.17) is 9.26 Å². The molecule has 1 unspecified atom stereocenters. The molecule has 1 aromatic heterocycles. The van der Waals surface area contributed by atoms with Gasteiger partial charge in [-0.1, -0.05) is 38.1 Å². The van der Waals surface area contributed by atoms with Gasteiger partial charge in [0.05, 0.1) is 5.92 Å². The van der Waals surface area contributed by atoms with Crippen LogP contribution in [0.4, 0.5) is 4.39 Å². The highest BCUT2D eigenvalue weighted by atomic mass is 19.1. The topological polar surface area (TPSA) is 65.2 Å². The van der Waals surface area contributed by atoms with Crippen LogP contribution in [0.25, 0.3) is 0 Å². The highest BCUT2D eigenvalue weighted by molar-refractivity contribution is 5.72. The molecule has 0 radical (unpaired) electrons. The van der Waals surface area contributed by atoms with Crippen molar-refractivity contribution in [3.8, 4) is 0 Å². The van der Waals surface area contributed by atoms with E-state index in [2.05, 4.69) is 10.1 Å². The summed E-state index contributed by atoms with van der Waals surface area (Å²) in [5.74, 6) is -0.0676. The van der Waals surface area contributed by atoms with Gasteiger partial charge in [-0.2, -0.15) is 4.98 Å². The molecule has 22 heavy (non-hydrogen) atoms. The highest BCUT2D eigenvalue weighted by Crippen LogP contribution is 2.14. The smallest absolute Gasteiger partial charge is 0.309 e. The molecular weight excluding hydrogens is 287 g/mol. The zero-order valence-electron chi connectivity index (χ0n) is 12.9. The number of carbonyl (C=O) groups excluding carboxylic acids is 1. The second kappa shape index (κ2) is 7.15. The number of carbonyl (C=O) groups is 1. The molecule has 0 N–H and O–H groups in total. The lowest BCUT2D eigenvalue weighted by Gasteiger charge is -2.10. The minimum absolute atomic E-state index is 0.0496. The first-order valence-corrected chi connectivity index (χ1v) is 7.19. The quantitative estimate of drug-likeness (QED) is 0.766. The maximum atomic E-state index is 13.1. The average molecular weight is 306 g/mol. The number of nitrogens with zero attached hydrogens (tertiary/aromatic N) is 2. The van der Waals surface area contributed by atoms with E-state index in [1.807, 2.05) is 13.8 Å². The van der Waals surface area contributed by atoms with Crippen molar-refractivity contribution in [1.82, 2.24) is 10.1 Å². The fourth-order valence-electron chi connectivity index (χ4n) is 1.94. The van der Waals surface area contributed by atoms with Crippen LogP contribution in [0.15, 0.2) is 28.8 Å². The van der Waals surface area contributed by atoms with Crippen molar-refractivity contribution in [1.29, 1.82) is 0 Å². The Balaban J connectivity index is 1.85. The third-order valence-electron chi connectivity index (χ3n) is 3.17. The number of esters is 1. The fourth-order valence-corrected chi connectivity index (χ4v) is 1.94. The van der Waals surface area contributed by atoms with Crippen molar-refractivity contribution in [2.24, 2.45) is 5.92 Å². The first-order valence-electron chi connectivity index (χ1n) is 7.19. The van der Waals surface area contributed by atoms with E-state index in [1.165, 1.54) is 12.1 Å². The second-order valence-corrected chi connectivity index (χ2v) is 5.54. The Kier molecular flexibility index (Phi) is 5.25. The molecule has 1 atom stereocenters. The zero-order valence-corrected chi connectivity index (χ0v) is 12.9. The van der Waals surface area contributed by atoms with Gasteiger partial charge < -0.3 is 9.26 Å². The maximum absolute atomic E-state index is 13.1. The van der Waals surface area contributed by atoms with Gasteiger partial charge in [0.1, 0.15) is 5.82 Å². The molecule has 0 saturated heterocycles. The molecule has 1 heterocycles. The summed E-state index contributed by atoms with van der Waals surface area (Å²) in [7, 11) is 0. The van der Waals surface area contributed by atoms with E-state index in [9.17, 15) is 9.18 Å². The second-order valence-electron chi connectivity index (χ2n) is 5.54. The van der Waals surface area contributed by atoms with Gasteiger partial charge >= 0.3 is 5.97 Å². The van der Waals surface area contributed by atoms with E-state index in [-0.39, 0.29) is 36.1 Å². The number of hydrogen-bond donors (Lipinski definition) is 0. The van der Waals surface area contributed by atoms with Crippen molar-refractivity contribution in [2.75, 3.05) is 0 Å². The van der Waals surface area contributed by atoms with Crippen molar-refractivity contribution in [3.05, 3.63) is 47.4 Å². The van der Waals surface area contributed by atoms with E-state index in [0.717, 1.165) is 5.56 Å². The van der Waals surface area contributed by atoms with Crippen LogP contribution >= 0.6 is 0 Å². The summed E-state index contributed by atoms with van der Waals surface area (Å²) < 4.78 is 23.3. The van der Waals surface area contributed by atoms with Crippen molar-refractivity contribution in [2.45, 2.75) is 39.7 Å². The summed E-state index contributed by atoms with van der Waals surface area (Å²) in [6, 6.07) is 6.18. The Morgan fingerprint density at radius 2 is 2.14 bits per heavy atom. The molecule has 1 aromatic carbocycles. The largest absolute Gasteiger partial charge is 0.455 e. The van der Waals surface area contributed by atoms with Gasteiger partial charge in [0.25, 0.3) is 5.89 Å². The van der Waals surface area contributed by atoms with Crippen LogP contribution in [0, 0.1) is 11.7 Å². The Bertz CT molecular complexity index is 640. The van der Waals surface area contributed by atoms with E-state index < -0.39 is 0 Å². The Hall–Kier alpha value is -2.24. The van der Waals surface area contributed by atoms with Crippen LogP contribution in [0.3, 0.4) is 0 Å². The highest BCUT2D eigenvalue weighted by Gasteiger charge is 2.17. The molecule has 0 bridgehead atoms. The van der Waals surface area contributed by atoms with Gasteiger partial charge in [-0.25, -0.2) is 4.39 Å². The lowest BCUT2D eigenvalue weighted by Crippen LogP contribution is -2.17. The molecule has 0 spiro atoms. The Labute approximate surface area is 128 Å². The number of rotatable bonds is 6. The molecule has 5 nitrogen and oxygen atoms in total. The molecule has 0 amide bonds. The lowest BCUT2D eigenvalue weighted by molar-refractivity contribution is -0.150. The van der Waals surface area contributed by atoms with E-state index >= 15 is 0 Å². The van der Waals surface area contributed by atoms with Crippen molar-refractivity contribution >= 4 is 5.97 Å². The summed E-state index contributed by atoms with van der Waals surface area (Å²) in [6.45, 7) is 5.58. The molecule has 0 saturated carbocycles. The minimum atomic E-state index is -0.381. The first kappa shape index (κ1) is 16.1. The lowest BCUT2D eigenvalue weighted by atomic mass is 10.0. The molecule has 2 rings (SSSR count). The molecule has 118 valence electrons. The monoisotopic (exact) mass is 306 g/mol. The standard InChI is InChI=1S/C16H19FN2O3/c1-10(2)15-18-14(22-19-15)9-21-16(20)11(3)7-12-5-4-6-13(17)8-12/h4-6,8,10-11H,7,9H2,1-3H3. The summed E-state index contributed by atoms with van der Waals surface area (Å²) >= 11 is 0. The number of aromatic nitrogens is 2. The van der Waals surface area contributed by atoms with Gasteiger partial charge in [-0.15, -0.1) is 0 Å². The van der Waals surface area contributed by atoms with Gasteiger partial charge in [0.15, 0.2) is 12.4 Å². The number of halogens is 1. The van der Waals surface area contributed by atoms with Crippen LogP contribution in [0.1, 0.15) is 44.0 Å². The Morgan fingerprint density at radius 1 is 1.36 bits per heavy atom. The minimum Gasteiger partial charge on any atom is -0.455 e. The van der Waals surface area contributed by atoms with Gasteiger partial charge in [0.2, 0.25) is 0 Å². The molecule has 2 aromatic rings. The van der Waals surface area contributed by atoms with Crippen molar-refractivity contribution < 1.29 is 18.4 Å². The molecule has 0 aliphatic heterocycles. The predicted molar refractivity (Wildman–Crippen MR) is 77.5 cm³/mol. The van der Waals surface area contributed by atoms with Gasteiger partial charge in [0, 0.05) is 5.92 Å². The first-order chi connectivity index (χ1) is 10.5. The average Bonchev–Trinajstić information content (AvgIpc) is 2.93. The number of ether oxygens (including phenoxy) is 1. The van der Waals surface area contributed by atoms with Crippen LogP contribution in [0.2, 0.25) is 0 Å². The van der Waals surface area contributed by atoms with Crippen LogP contribution < -0.4 is 0 Å². The zero-order chi connectivity index (χ0) is 16.1. The molecular formula is C16H19FN2O3. The number of benzene rings is 1. The van der Waals surface area contributed by atoms with Crippen LogP contribution in [0.5, 0.6) is 0 Å². The van der Waals surface area contributed by atoms with Crippen LogP contribution in [-0.4, -0.2) is 16.1 Å². The summed E-state index contributed by atoms with van der Waals surface area (Å²) in [5, 5.41) is 3.80. The van der Waals surface area contributed by atoms with Crippen LogP contribution in [-0.2, 0) is 22.6 Å². The van der Waals surface area contributed by atoms with E-state index in [1.54, 1.807) is 19.1 Å². The Morgan fingerprint density at radius 3 is 2.77 bits per heavy atom. The molecule has 0 fully saturated rings. The molecule has 0 aliphatic rings. The SMILES string of the molecule is CC(Cc1cccc(F)c1)C(=O)OCc1nc(C(C)C)no1. The normalized spacial score (nSPS) is 12.4. The molecule has 6 heteroatoms. The summed E-state index contributed by atoms with van der Waals surface area (Å²) in [5.41, 5.74) is 0.754. The van der Waals surface area contributed by atoms with E-state index in [0.29, 0.717) is 12.2 Å². The molecule has 0 aliphatic carbocycles. The third kappa shape index (κ3) is 4.38. The number of hydrogen-bond acceptors (Lipinski definition) is 5.